The lowest BCUT2D eigenvalue weighted by molar-refractivity contribution is -0.119. The average molecular weight is 380 g/mol. The zero-order valence-electron chi connectivity index (χ0n) is 16.3. The number of nitrogens with one attached hydrogen (secondary N) is 2. The Balaban J connectivity index is 1.57. The first-order valence-electron chi connectivity index (χ1n) is 9.29. The van der Waals surface area contributed by atoms with E-state index in [0.717, 1.165) is 29.5 Å². The molecule has 0 saturated heterocycles. The van der Waals surface area contributed by atoms with Gasteiger partial charge in [-0.05, 0) is 62.9 Å². The number of anilines is 1. The van der Waals surface area contributed by atoms with Crippen LogP contribution in [0.5, 0.6) is 0 Å². The number of carbonyl (C=O) groups is 3. The van der Waals surface area contributed by atoms with Crippen LogP contribution in [-0.2, 0) is 9.53 Å². The Hall–Kier alpha value is -3.15. The van der Waals surface area contributed by atoms with E-state index in [2.05, 4.69) is 10.6 Å². The molecule has 0 spiro atoms. The molecule has 0 unspecified atom stereocenters. The fraction of sp³-hybridized carbons (Fsp3) is 0.318. The molecule has 1 aliphatic rings. The monoisotopic (exact) mass is 380 g/mol. The SMILES string of the molecule is Cc1cc(C)c(C(=O)OCC(=O)Nc2cccc(C(=O)NC3CC3)c2)c(C)c1. The zero-order valence-corrected chi connectivity index (χ0v) is 16.3. The molecule has 1 saturated carbocycles. The van der Waals surface area contributed by atoms with Crippen LogP contribution >= 0.6 is 0 Å². The van der Waals surface area contributed by atoms with Crippen LogP contribution in [0.25, 0.3) is 0 Å². The summed E-state index contributed by atoms with van der Waals surface area (Å²) < 4.78 is 5.17. The molecule has 1 fully saturated rings. The van der Waals surface area contributed by atoms with E-state index < -0.39 is 18.5 Å². The number of rotatable bonds is 6. The van der Waals surface area contributed by atoms with E-state index in [1.807, 2.05) is 32.9 Å². The fourth-order valence-electron chi connectivity index (χ4n) is 3.14. The van der Waals surface area contributed by atoms with Gasteiger partial charge in [0.1, 0.15) is 0 Å². The molecular weight excluding hydrogens is 356 g/mol. The van der Waals surface area contributed by atoms with E-state index in [9.17, 15) is 14.4 Å². The fourth-order valence-corrected chi connectivity index (χ4v) is 3.14. The number of amides is 2. The third kappa shape index (κ3) is 4.97. The molecule has 1 aliphatic carbocycles. The van der Waals surface area contributed by atoms with Gasteiger partial charge in [0.05, 0.1) is 5.56 Å². The molecule has 146 valence electrons. The number of hydrogen-bond donors (Lipinski definition) is 2. The van der Waals surface area contributed by atoms with Crippen molar-refractivity contribution in [2.45, 2.75) is 39.7 Å². The van der Waals surface area contributed by atoms with Crippen LogP contribution in [0.1, 0.15) is 50.2 Å². The van der Waals surface area contributed by atoms with Crippen LogP contribution in [-0.4, -0.2) is 30.4 Å². The van der Waals surface area contributed by atoms with Crippen molar-refractivity contribution in [3.05, 3.63) is 64.2 Å². The van der Waals surface area contributed by atoms with Gasteiger partial charge < -0.3 is 15.4 Å². The van der Waals surface area contributed by atoms with E-state index in [4.69, 9.17) is 4.74 Å². The lowest BCUT2D eigenvalue weighted by Crippen LogP contribution is -2.25. The highest BCUT2D eigenvalue weighted by Crippen LogP contribution is 2.20. The molecule has 6 heteroatoms. The molecule has 3 rings (SSSR count). The molecule has 0 aromatic heterocycles. The molecule has 28 heavy (non-hydrogen) atoms. The van der Waals surface area contributed by atoms with Crippen molar-refractivity contribution in [2.75, 3.05) is 11.9 Å². The molecule has 0 atom stereocenters. The van der Waals surface area contributed by atoms with Crippen molar-refractivity contribution < 1.29 is 19.1 Å². The van der Waals surface area contributed by atoms with Gasteiger partial charge in [-0.2, -0.15) is 0 Å². The van der Waals surface area contributed by atoms with Gasteiger partial charge in [0, 0.05) is 17.3 Å². The van der Waals surface area contributed by atoms with Crippen LogP contribution in [0.3, 0.4) is 0 Å². The summed E-state index contributed by atoms with van der Waals surface area (Å²) in [5.74, 6) is -1.14. The van der Waals surface area contributed by atoms with Crippen molar-refractivity contribution >= 4 is 23.5 Å². The van der Waals surface area contributed by atoms with E-state index >= 15 is 0 Å². The second-order valence-electron chi connectivity index (χ2n) is 7.23. The van der Waals surface area contributed by atoms with Gasteiger partial charge in [-0.1, -0.05) is 23.8 Å². The van der Waals surface area contributed by atoms with Gasteiger partial charge in [0.25, 0.3) is 11.8 Å². The van der Waals surface area contributed by atoms with Gasteiger partial charge in [0.2, 0.25) is 0 Å². The molecule has 0 aliphatic heterocycles. The smallest absolute Gasteiger partial charge is 0.339 e. The van der Waals surface area contributed by atoms with Crippen LogP contribution in [0.4, 0.5) is 5.69 Å². The summed E-state index contributed by atoms with van der Waals surface area (Å²) in [5, 5.41) is 5.56. The van der Waals surface area contributed by atoms with Gasteiger partial charge in [-0.15, -0.1) is 0 Å². The van der Waals surface area contributed by atoms with Crippen molar-refractivity contribution in [3.63, 3.8) is 0 Å². The Bertz CT molecular complexity index is 909. The highest BCUT2D eigenvalue weighted by Gasteiger charge is 2.24. The van der Waals surface area contributed by atoms with Crippen LogP contribution in [0.15, 0.2) is 36.4 Å². The predicted octanol–water partition coefficient (Wildman–Crippen LogP) is 3.30. The second-order valence-corrected chi connectivity index (χ2v) is 7.23. The largest absolute Gasteiger partial charge is 0.452 e. The molecule has 0 heterocycles. The first kappa shape index (κ1) is 19.6. The van der Waals surface area contributed by atoms with E-state index in [0.29, 0.717) is 16.8 Å². The Morgan fingerprint density at radius 1 is 1.04 bits per heavy atom. The van der Waals surface area contributed by atoms with Gasteiger partial charge in [-0.25, -0.2) is 4.79 Å². The van der Waals surface area contributed by atoms with Crippen molar-refractivity contribution in [1.82, 2.24) is 5.32 Å². The molecular formula is C22H24N2O4. The summed E-state index contributed by atoms with van der Waals surface area (Å²) in [6.07, 6.45) is 2.01. The van der Waals surface area contributed by atoms with E-state index in [1.165, 1.54) is 0 Å². The van der Waals surface area contributed by atoms with E-state index in [-0.39, 0.29) is 11.9 Å². The molecule has 2 aromatic rings. The minimum atomic E-state index is -0.525. The Kier molecular flexibility index (Phi) is 5.78. The average Bonchev–Trinajstić information content (AvgIpc) is 3.43. The number of esters is 1. The highest BCUT2D eigenvalue weighted by molar-refractivity contribution is 5.99. The normalized spacial score (nSPS) is 13.0. The minimum Gasteiger partial charge on any atom is -0.452 e. The quantitative estimate of drug-likeness (QED) is 0.753. The lowest BCUT2D eigenvalue weighted by atomic mass is 10.00. The molecule has 2 aromatic carbocycles. The van der Waals surface area contributed by atoms with Gasteiger partial charge >= 0.3 is 5.97 Å². The van der Waals surface area contributed by atoms with E-state index in [1.54, 1.807) is 24.3 Å². The number of carbonyl (C=O) groups excluding carboxylic acids is 3. The molecule has 2 N–H and O–H groups in total. The highest BCUT2D eigenvalue weighted by atomic mass is 16.5. The van der Waals surface area contributed by atoms with Crippen molar-refractivity contribution in [3.8, 4) is 0 Å². The minimum absolute atomic E-state index is 0.157. The first-order valence-corrected chi connectivity index (χ1v) is 9.29. The summed E-state index contributed by atoms with van der Waals surface area (Å²) in [5.41, 5.74) is 4.14. The molecule has 0 radical (unpaired) electrons. The molecule has 2 amide bonds. The maximum Gasteiger partial charge on any atom is 0.339 e. The number of benzene rings is 2. The Morgan fingerprint density at radius 3 is 2.36 bits per heavy atom. The van der Waals surface area contributed by atoms with Crippen LogP contribution in [0.2, 0.25) is 0 Å². The zero-order chi connectivity index (χ0) is 20.3. The van der Waals surface area contributed by atoms with Crippen LogP contribution in [0, 0.1) is 20.8 Å². The summed E-state index contributed by atoms with van der Waals surface area (Å²) in [7, 11) is 0. The summed E-state index contributed by atoms with van der Waals surface area (Å²) >= 11 is 0. The number of aryl methyl sites for hydroxylation is 3. The first-order chi connectivity index (χ1) is 13.3. The third-order valence-corrected chi connectivity index (χ3v) is 4.54. The summed E-state index contributed by atoms with van der Waals surface area (Å²) in [6, 6.07) is 10.7. The lowest BCUT2D eigenvalue weighted by Gasteiger charge is -2.11. The summed E-state index contributed by atoms with van der Waals surface area (Å²) in [4.78, 5) is 36.6. The number of ether oxygens (including phenoxy) is 1. The summed E-state index contributed by atoms with van der Waals surface area (Å²) in [6.45, 7) is 5.25. The maximum absolute atomic E-state index is 12.4. The predicted molar refractivity (Wildman–Crippen MR) is 106 cm³/mol. The standard InChI is InChI=1S/C22H24N2O4/c1-13-9-14(2)20(15(3)10-13)22(27)28-12-19(25)23-18-6-4-5-16(11-18)21(26)24-17-7-8-17/h4-6,9-11,17H,7-8,12H2,1-3H3,(H,23,25)(H,24,26). The maximum atomic E-state index is 12.4. The van der Waals surface area contributed by atoms with Crippen LogP contribution < -0.4 is 10.6 Å². The number of hydrogen-bond acceptors (Lipinski definition) is 4. The second kappa shape index (κ2) is 8.25. The topological polar surface area (TPSA) is 84.5 Å². The molecule has 6 nitrogen and oxygen atoms in total. The van der Waals surface area contributed by atoms with Gasteiger partial charge in [-0.3, -0.25) is 9.59 Å². The van der Waals surface area contributed by atoms with Gasteiger partial charge in [0.15, 0.2) is 6.61 Å². The van der Waals surface area contributed by atoms with Crippen molar-refractivity contribution in [2.24, 2.45) is 0 Å². The third-order valence-electron chi connectivity index (χ3n) is 4.54. The Labute approximate surface area is 164 Å². The Morgan fingerprint density at radius 2 is 1.71 bits per heavy atom. The molecule has 0 bridgehead atoms. The van der Waals surface area contributed by atoms with Crippen molar-refractivity contribution in [1.29, 1.82) is 0 Å².